The predicted molar refractivity (Wildman–Crippen MR) is 138 cm³/mol. The van der Waals surface area contributed by atoms with E-state index >= 15 is 0 Å². The van der Waals surface area contributed by atoms with Gasteiger partial charge in [0.1, 0.15) is 6.29 Å². The van der Waals surface area contributed by atoms with E-state index in [1.54, 1.807) is 17.8 Å². The highest BCUT2D eigenvalue weighted by molar-refractivity contribution is 7.99. The zero-order chi connectivity index (χ0) is 24.6. The number of rotatable bonds is 12. The fraction of sp³-hybridized carbons (Fsp3) is 0.500. The Morgan fingerprint density at radius 3 is 2.42 bits per heavy atom. The largest absolute Gasteiger partial charge is 0.303 e. The van der Waals surface area contributed by atoms with Crippen molar-refractivity contribution < 1.29 is 18.7 Å². The van der Waals surface area contributed by atoms with E-state index in [1.807, 2.05) is 58.9 Å². The first-order valence-corrected chi connectivity index (χ1v) is 13.2. The van der Waals surface area contributed by atoms with Gasteiger partial charge in [-0.15, -0.1) is 16.8 Å². The Morgan fingerprint density at radius 2 is 1.85 bits per heavy atom. The summed E-state index contributed by atoms with van der Waals surface area (Å²) in [6, 6.07) is 9.67. The van der Waals surface area contributed by atoms with E-state index in [9.17, 15) is 14.4 Å². The van der Waals surface area contributed by atoms with Gasteiger partial charge in [-0.3, -0.25) is 9.59 Å². The molecule has 0 bridgehead atoms. The van der Waals surface area contributed by atoms with Crippen molar-refractivity contribution in [2.75, 3.05) is 11.5 Å². The molecule has 0 fully saturated rings. The van der Waals surface area contributed by atoms with Gasteiger partial charge in [0.2, 0.25) is 6.41 Å². The van der Waals surface area contributed by atoms with Gasteiger partial charge in [0.05, 0.1) is 5.56 Å². The maximum atomic E-state index is 13.3. The van der Waals surface area contributed by atoms with E-state index in [-0.39, 0.29) is 5.41 Å². The lowest BCUT2D eigenvalue weighted by Gasteiger charge is -2.39. The zero-order valence-electron chi connectivity index (χ0n) is 20.5. The summed E-state index contributed by atoms with van der Waals surface area (Å²) in [5.74, 6) is 0.823. The van der Waals surface area contributed by atoms with Crippen molar-refractivity contribution in [1.29, 1.82) is 0 Å². The molecule has 0 aliphatic rings. The smallest absolute Gasteiger partial charge is 0.286 e. The molecule has 7 heteroatoms. The van der Waals surface area contributed by atoms with Crippen molar-refractivity contribution in [3.8, 4) is 0 Å². The summed E-state index contributed by atoms with van der Waals surface area (Å²) in [5.41, 5.74) is 0.472. The summed E-state index contributed by atoms with van der Waals surface area (Å²) < 4.78 is 5.53. The van der Waals surface area contributed by atoms with E-state index in [1.165, 1.54) is 0 Å². The van der Waals surface area contributed by atoms with Crippen LogP contribution in [0.4, 0.5) is 0 Å². The third-order valence-electron chi connectivity index (χ3n) is 6.29. The molecule has 0 aliphatic heterocycles. The van der Waals surface area contributed by atoms with Crippen molar-refractivity contribution in [2.24, 2.45) is 10.8 Å². The second-order valence-electron chi connectivity index (χ2n) is 9.26. The minimum absolute atomic E-state index is 0.283. The standard InChI is InChI=1S/C26H35NO4S2/c1-7-9-15-32-22-14-13-21(23-19(3)11-10-12-20(22)23)24(30)27(18-29)31-33-17-26(8-2,16-28)25(4,5)6/h10-14,16,18H,7-9,15,17H2,1-6H3. The third kappa shape index (κ3) is 6.19. The molecule has 0 saturated carbocycles. The summed E-state index contributed by atoms with van der Waals surface area (Å²) in [4.78, 5) is 38.1. The molecule has 2 rings (SSSR count). The van der Waals surface area contributed by atoms with Crippen LogP contribution in [0.3, 0.4) is 0 Å². The molecule has 2 aromatic rings. The van der Waals surface area contributed by atoms with Gasteiger partial charge in [0.25, 0.3) is 5.91 Å². The number of aryl methyl sites for hydroxylation is 1. The van der Waals surface area contributed by atoms with Gasteiger partial charge in [-0.25, -0.2) is 0 Å². The van der Waals surface area contributed by atoms with Crippen LogP contribution in [0.15, 0.2) is 35.2 Å². The Bertz CT molecular complexity index is 986. The summed E-state index contributed by atoms with van der Waals surface area (Å²) >= 11 is 2.74. The molecule has 0 radical (unpaired) electrons. The molecule has 0 aliphatic carbocycles. The average Bonchev–Trinajstić information content (AvgIpc) is 2.79. The topological polar surface area (TPSA) is 63.7 Å². The Kier molecular flexibility index (Phi) is 10.0. The van der Waals surface area contributed by atoms with Crippen LogP contribution in [0.25, 0.3) is 10.8 Å². The number of carbonyl (C=O) groups excluding carboxylic acids is 3. The van der Waals surface area contributed by atoms with Crippen molar-refractivity contribution in [2.45, 2.75) is 65.7 Å². The van der Waals surface area contributed by atoms with Gasteiger partial charge in [-0.05, 0) is 59.4 Å². The highest BCUT2D eigenvalue weighted by atomic mass is 32.2. The monoisotopic (exact) mass is 489 g/mol. The van der Waals surface area contributed by atoms with E-state index < -0.39 is 11.3 Å². The number of imide groups is 1. The summed E-state index contributed by atoms with van der Waals surface area (Å²) in [6.45, 7) is 12.1. The minimum atomic E-state index is -0.629. The maximum absolute atomic E-state index is 13.3. The van der Waals surface area contributed by atoms with Crippen LogP contribution in [0.1, 0.15) is 69.8 Å². The molecule has 33 heavy (non-hydrogen) atoms. The van der Waals surface area contributed by atoms with Gasteiger partial charge in [0.15, 0.2) is 0 Å². The fourth-order valence-corrected chi connectivity index (χ4v) is 6.07. The molecule has 0 saturated heterocycles. The Balaban J connectivity index is 2.29. The van der Waals surface area contributed by atoms with Crippen LogP contribution < -0.4 is 0 Å². The molecule has 1 atom stereocenters. The van der Waals surface area contributed by atoms with Crippen molar-refractivity contribution in [3.05, 3.63) is 41.5 Å². The lowest BCUT2D eigenvalue weighted by molar-refractivity contribution is -0.131. The fourth-order valence-electron chi connectivity index (χ4n) is 3.74. The molecular weight excluding hydrogens is 454 g/mol. The Labute approximate surface area is 206 Å². The molecule has 2 aromatic carbocycles. The number of carbonyl (C=O) groups is 3. The highest BCUT2D eigenvalue weighted by Gasteiger charge is 2.41. The van der Waals surface area contributed by atoms with Crippen LogP contribution in [-0.4, -0.2) is 35.2 Å². The quantitative estimate of drug-likeness (QED) is 0.107. The number of thioether (sulfide) groups is 1. The molecule has 5 nitrogen and oxygen atoms in total. The first-order chi connectivity index (χ1) is 15.7. The summed E-state index contributed by atoms with van der Waals surface area (Å²) in [7, 11) is 0. The molecular formula is C26H35NO4S2. The number of nitrogens with zero attached hydrogens (tertiary/aromatic N) is 1. The second-order valence-corrected chi connectivity index (χ2v) is 11.1. The second kappa shape index (κ2) is 12.0. The first-order valence-electron chi connectivity index (χ1n) is 11.4. The number of amides is 2. The van der Waals surface area contributed by atoms with Crippen molar-refractivity contribution in [1.82, 2.24) is 5.06 Å². The molecule has 0 heterocycles. The van der Waals surface area contributed by atoms with Crippen molar-refractivity contribution >= 4 is 53.2 Å². The van der Waals surface area contributed by atoms with Crippen LogP contribution >= 0.6 is 23.8 Å². The third-order valence-corrected chi connectivity index (χ3v) is 8.35. The normalized spacial score (nSPS) is 13.5. The molecule has 2 amide bonds. The van der Waals surface area contributed by atoms with E-state index in [2.05, 4.69) is 6.92 Å². The van der Waals surface area contributed by atoms with Crippen LogP contribution in [0.5, 0.6) is 0 Å². The number of hydrogen-bond acceptors (Lipinski definition) is 6. The Hall–Kier alpha value is -1.83. The van der Waals surface area contributed by atoms with E-state index in [4.69, 9.17) is 4.28 Å². The molecule has 0 aromatic heterocycles. The predicted octanol–water partition coefficient (Wildman–Crippen LogP) is 6.86. The van der Waals surface area contributed by atoms with Crippen LogP contribution in [0.2, 0.25) is 0 Å². The summed E-state index contributed by atoms with van der Waals surface area (Å²) in [5, 5.41) is 2.55. The molecule has 0 N–H and O–H groups in total. The Morgan fingerprint density at radius 1 is 1.12 bits per heavy atom. The van der Waals surface area contributed by atoms with Gasteiger partial charge < -0.3 is 4.79 Å². The van der Waals surface area contributed by atoms with Gasteiger partial charge in [-0.1, -0.05) is 59.2 Å². The summed E-state index contributed by atoms with van der Waals surface area (Å²) in [6.07, 6.45) is 4.23. The van der Waals surface area contributed by atoms with Crippen LogP contribution in [-0.2, 0) is 13.9 Å². The average molecular weight is 490 g/mol. The van der Waals surface area contributed by atoms with Gasteiger partial charge >= 0.3 is 0 Å². The van der Waals surface area contributed by atoms with Crippen LogP contribution in [0, 0.1) is 17.8 Å². The highest BCUT2D eigenvalue weighted by Crippen LogP contribution is 2.42. The number of benzene rings is 2. The first kappa shape index (κ1) is 27.4. The number of hydrogen-bond donors (Lipinski definition) is 0. The molecule has 1 unspecified atom stereocenters. The lowest BCUT2D eigenvalue weighted by Crippen LogP contribution is -2.39. The lowest BCUT2D eigenvalue weighted by atomic mass is 9.67. The zero-order valence-corrected chi connectivity index (χ0v) is 22.1. The number of hydroxylamine groups is 2. The van der Waals surface area contributed by atoms with Gasteiger partial charge in [0, 0.05) is 28.1 Å². The number of aldehydes is 1. The maximum Gasteiger partial charge on any atom is 0.286 e. The SMILES string of the molecule is CCCCSc1ccc(C(=O)N(C=O)OSCC(C=O)(CC)C(C)(C)C)c2c(C)cccc12. The van der Waals surface area contributed by atoms with Crippen molar-refractivity contribution in [3.63, 3.8) is 0 Å². The number of unbranched alkanes of at least 4 members (excludes halogenated alkanes) is 1. The number of fused-ring (bicyclic) bond motifs is 1. The van der Waals surface area contributed by atoms with E-state index in [0.717, 1.165) is 63.2 Å². The molecule has 0 spiro atoms. The molecule has 180 valence electrons. The van der Waals surface area contributed by atoms with E-state index in [0.29, 0.717) is 24.1 Å². The van der Waals surface area contributed by atoms with Gasteiger partial charge in [-0.2, -0.15) is 4.28 Å². The minimum Gasteiger partial charge on any atom is -0.303 e.